The van der Waals surface area contributed by atoms with Crippen molar-refractivity contribution in [2.24, 2.45) is 0 Å². The van der Waals surface area contributed by atoms with E-state index in [4.69, 9.17) is 24.9 Å². The molecule has 0 spiro atoms. The molecule has 0 N–H and O–H groups in total. The summed E-state index contributed by atoms with van der Waals surface area (Å²) in [6, 6.07) is 78.7. The minimum absolute atomic E-state index is 0.611. The summed E-state index contributed by atoms with van der Waals surface area (Å²) >= 11 is 0. The molecular formula is C55H38N6. The monoisotopic (exact) mass is 782 g/mol. The zero-order chi connectivity index (χ0) is 40.8. The molecule has 2 heterocycles. The first-order valence-corrected chi connectivity index (χ1v) is 20.3. The Morgan fingerprint density at radius 3 is 1.02 bits per heavy atom. The summed E-state index contributed by atoms with van der Waals surface area (Å²) in [5, 5.41) is 0. The van der Waals surface area contributed by atoms with Crippen molar-refractivity contribution in [3.05, 3.63) is 231 Å². The molecule has 2 aromatic heterocycles. The predicted molar refractivity (Wildman–Crippen MR) is 248 cm³/mol. The largest absolute Gasteiger partial charge is 0.311 e. The fourth-order valence-electron chi connectivity index (χ4n) is 7.48. The number of benzene rings is 8. The van der Waals surface area contributed by atoms with Gasteiger partial charge < -0.3 is 4.90 Å². The summed E-state index contributed by atoms with van der Waals surface area (Å²) in [5.41, 5.74) is 12.7. The molecule has 0 fully saturated rings. The van der Waals surface area contributed by atoms with Crippen molar-refractivity contribution in [2.45, 2.75) is 0 Å². The lowest BCUT2D eigenvalue weighted by Crippen LogP contribution is -2.09. The van der Waals surface area contributed by atoms with Crippen molar-refractivity contribution in [1.29, 1.82) is 0 Å². The van der Waals surface area contributed by atoms with Crippen LogP contribution in [0.2, 0.25) is 0 Å². The van der Waals surface area contributed by atoms with E-state index < -0.39 is 0 Å². The molecule has 0 aliphatic carbocycles. The van der Waals surface area contributed by atoms with Crippen LogP contribution >= 0.6 is 0 Å². The molecule has 10 aromatic rings. The number of rotatable bonds is 10. The van der Waals surface area contributed by atoms with Crippen LogP contribution < -0.4 is 4.90 Å². The quantitative estimate of drug-likeness (QED) is 0.138. The highest BCUT2D eigenvalue weighted by Gasteiger charge is 2.16. The van der Waals surface area contributed by atoms with Crippen LogP contribution in [0.1, 0.15) is 0 Å². The standard InChI is InChI=1S/C55H38N6/c1-6-18-40(19-7-1)52-56-50(39-32-34-49(35-33-39)61(47-28-12-4-13-29-47)48-30-14-5-15-31-48)38-51(57-52)45-26-16-24-43(36-45)44-25-17-27-46(37-44)55-59-53(41-20-8-2-9-21-41)58-54(60-55)42-22-10-3-11-23-42/h1-38H. The number of aromatic nitrogens is 5. The third-order valence-corrected chi connectivity index (χ3v) is 10.5. The number of hydrogen-bond acceptors (Lipinski definition) is 6. The minimum Gasteiger partial charge on any atom is -0.311 e. The van der Waals surface area contributed by atoms with Crippen molar-refractivity contribution < 1.29 is 0 Å². The fraction of sp³-hybridized carbons (Fsp3) is 0. The van der Waals surface area contributed by atoms with E-state index in [1.165, 1.54) is 0 Å². The maximum absolute atomic E-state index is 5.16. The normalized spacial score (nSPS) is 11.0. The molecule has 8 aromatic carbocycles. The molecule has 0 saturated heterocycles. The highest BCUT2D eigenvalue weighted by atomic mass is 15.1. The van der Waals surface area contributed by atoms with Gasteiger partial charge >= 0.3 is 0 Å². The molecule has 0 radical (unpaired) electrons. The Morgan fingerprint density at radius 2 is 0.541 bits per heavy atom. The van der Waals surface area contributed by atoms with Gasteiger partial charge in [0.05, 0.1) is 11.4 Å². The lowest BCUT2D eigenvalue weighted by Gasteiger charge is -2.25. The molecule has 0 amide bonds. The summed E-state index contributed by atoms with van der Waals surface area (Å²) in [5.74, 6) is 2.54. The number of anilines is 3. The zero-order valence-electron chi connectivity index (χ0n) is 33.1. The Morgan fingerprint density at radius 1 is 0.213 bits per heavy atom. The van der Waals surface area contributed by atoms with Gasteiger partial charge in [0.15, 0.2) is 23.3 Å². The second-order valence-corrected chi connectivity index (χ2v) is 14.6. The van der Waals surface area contributed by atoms with Gasteiger partial charge in [-0.25, -0.2) is 24.9 Å². The summed E-state index contributed by atoms with van der Waals surface area (Å²) in [6.07, 6.45) is 0. The average molecular weight is 783 g/mol. The number of para-hydroxylation sites is 2. The van der Waals surface area contributed by atoms with Gasteiger partial charge in [0.25, 0.3) is 0 Å². The minimum atomic E-state index is 0.611. The van der Waals surface area contributed by atoms with Crippen molar-refractivity contribution in [3.63, 3.8) is 0 Å². The van der Waals surface area contributed by atoms with E-state index >= 15 is 0 Å². The molecule has 0 unspecified atom stereocenters. The van der Waals surface area contributed by atoms with Crippen LogP contribution in [-0.2, 0) is 0 Å². The van der Waals surface area contributed by atoms with E-state index in [-0.39, 0.29) is 0 Å². The first-order chi connectivity index (χ1) is 30.2. The summed E-state index contributed by atoms with van der Waals surface area (Å²) in [7, 11) is 0. The van der Waals surface area contributed by atoms with Crippen LogP contribution in [-0.4, -0.2) is 24.9 Å². The van der Waals surface area contributed by atoms with Crippen LogP contribution in [0.3, 0.4) is 0 Å². The van der Waals surface area contributed by atoms with E-state index in [0.29, 0.717) is 23.3 Å². The van der Waals surface area contributed by atoms with Gasteiger partial charge in [0.2, 0.25) is 0 Å². The van der Waals surface area contributed by atoms with Crippen LogP contribution in [0, 0.1) is 0 Å². The lowest BCUT2D eigenvalue weighted by molar-refractivity contribution is 1.07. The number of hydrogen-bond donors (Lipinski definition) is 0. The second-order valence-electron chi connectivity index (χ2n) is 14.6. The third-order valence-electron chi connectivity index (χ3n) is 10.5. The maximum atomic E-state index is 5.16. The van der Waals surface area contributed by atoms with Gasteiger partial charge in [0.1, 0.15) is 0 Å². The van der Waals surface area contributed by atoms with Crippen molar-refractivity contribution in [2.75, 3.05) is 4.90 Å². The molecule has 0 aliphatic rings. The smallest absolute Gasteiger partial charge is 0.164 e. The molecule has 10 rings (SSSR count). The molecule has 0 aliphatic heterocycles. The van der Waals surface area contributed by atoms with Crippen molar-refractivity contribution >= 4 is 17.1 Å². The van der Waals surface area contributed by atoms with E-state index in [2.05, 4.69) is 144 Å². The SMILES string of the molecule is c1ccc(-c2nc(-c3ccc(N(c4ccccc4)c4ccccc4)cc3)cc(-c3cccc(-c4cccc(-c5nc(-c6ccccc6)nc(-c6ccccc6)n5)c4)c3)n2)cc1. The van der Waals surface area contributed by atoms with E-state index in [1.807, 2.05) is 91.0 Å². The van der Waals surface area contributed by atoms with E-state index in [1.54, 1.807) is 0 Å². The molecule has 6 nitrogen and oxygen atoms in total. The summed E-state index contributed by atoms with van der Waals surface area (Å²) in [6.45, 7) is 0. The molecule has 0 bridgehead atoms. The molecular weight excluding hydrogens is 745 g/mol. The van der Waals surface area contributed by atoms with Gasteiger partial charge in [-0.15, -0.1) is 0 Å². The molecule has 288 valence electrons. The summed E-state index contributed by atoms with van der Waals surface area (Å²) < 4.78 is 0. The van der Waals surface area contributed by atoms with E-state index in [0.717, 1.165) is 73.0 Å². The van der Waals surface area contributed by atoms with Crippen LogP contribution in [0.15, 0.2) is 231 Å². The van der Waals surface area contributed by atoms with Crippen molar-refractivity contribution in [1.82, 2.24) is 24.9 Å². The van der Waals surface area contributed by atoms with Gasteiger partial charge in [-0.2, -0.15) is 0 Å². The van der Waals surface area contributed by atoms with Crippen LogP contribution in [0.4, 0.5) is 17.1 Å². The third kappa shape index (κ3) is 8.06. The van der Waals surface area contributed by atoms with Crippen molar-refractivity contribution in [3.8, 4) is 79.2 Å². The highest BCUT2D eigenvalue weighted by molar-refractivity contribution is 5.80. The Hall–Kier alpha value is -8.35. The highest BCUT2D eigenvalue weighted by Crippen LogP contribution is 2.37. The van der Waals surface area contributed by atoms with Crippen LogP contribution in [0.25, 0.3) is 79.2 Å². The molecule has 61 heavy (non-hydrogen) atoms. The molecule has 6 heteroatoms. The first kappa shape index (κ1) is 37.0. The first-order valence-electron chi connectivity index (χ1n) is 20.3. The Labute approximate surface area is 355 Å². The molecule has 0 atom stereocenters. The maximum Gasteiger partial charge on any atom is 0.164 e. The predicted octanol–water partition coefficient (Wildman–Crippen LogP) is 13.8. The van der Waals surface area contributed by atoms with E-state index in [9.17, 15) is 0 Å². The lowest BCUT2D eigenvalue weighted by atomic mass is 9.99. The van der Waals surface area contributed by atoms with Gasteiger partial charge in [-0.3, -0.25) is 0 Å². The Bertz CT molecular complexity index is 2950. The Balaban J connectivity index is 1.02. The Kier molecular flexibility index (Phi) is 10.2. The molecule has 0 saturated carbocycles. The van der Waals surface area contributed by atoms with Crippen LogP contribution in [0.5, 0.6) is 0 Å². The summed E-state index contributed by atoms with van der Waals surface area (Å²) in [4.78, 5) is 27.4. The number of nitrogens with zero attached hydrogens (tertiary/aromatic N) is 6. The van der Waals surface area contributed by atoms with Gasteiger partial charge in [-0.1, -0.05) is 176 Å². The topological polar surface area (TPSA) is 67.7 Å². The zero-order valence-corrected chi connectivity index (χ0v) is 33.1. The fourth-order valence-corrected chi connectivity index (χ4v) is 7.48. The van der Waals surface area contributed by atoms with Gasteiger partial charge in [0, 0.05) is 50.4 Å². The average Bonchev–Trinajstić information content (AvgIpc) is 3.35. The van der Waals surface area contributed by atoms with Gasteiger partial charge in [-0.05, 0) is 65.7 Å². The second kappa shape index (κ2) is 16.9.